The van der Waals surface area contributed by atoms with Crippen molar-refractivity contribution in [3.05, 3.63) is 12.2 Å². The van der Waals surface area contributed by atoms with Gasteiger partial charge in [-0.3, -0.25) is 4.79 Å². The van der Waals surface area contributed by atoms with Crippen molar-refractivity contribution in [3.8, 4) is 0 Å². The lowest BCUT2D eigenvalue weighted by Crippen LogP contribution is -2.05. The second-order valence-corrected chi connectivity index (χ2v) is 9.92. The summed E-state index contributed by atoms with van der Waals surface area (Å²) in [6.07, 6.45) is 31.3. The van der Waals surface area contributed by atoms with Gasteiger partial charge in [0, 0.05) is 6.42 Å². The lowest BCUT2D eigenvalue weighted by Gasteiger charge is -2.07. The Morgan fingerprint density at radius 3 is 1.82 bits per heavy atom. The molecule has 1 N–H and O–H groups in total. The molecule has 0 aromatic carbocycles. The van der Waals surface area contributed by atoms with Gasteiger partial charge in [-0.2, -0.15) is 0 Å². The number of carbonyl (C=O) groups excluding carboxylic acids is 1. The fraction of sp³-hybridized carbons (Fsp3) is 0.900. The van der Waals surface area contributed by atoms with Gasteiger partial charge in [0.25, 0.3) is 0 Å². The average Bonchev–Trinajstić information content (AvgIpc) is 2.81. The third kappa shape index (κ3) is 27.3. The maximum atomic E-state index is 11.8. The number of carbonyl (C=O) groups is 1. The molecule has 1 unspecified atom stereocenters. The van der Waals surface area contributed by atoms with Crippen LogP contribution in [0.15, 0.2) is 12.2 Å². The first-order valence-electron chi connectivity index (χ1n) is 14.7. The van der Waals surface area contributed by atoms with E-state index in [1.54, 1.807) is 0 Å². The van der Waals surface area contributed by atoms with Gasteiger partial charge in [-0.25, -0.2) is 0 Å². The number of rotatable bonds is 26. The highest BCUT2D eigenvalue weighted by molar-refractivity contribution is 5.69. The number of esters is 1. The van der Waals surface area contributed by atoms with Crippen molar-refractivity contribution in [2.45, 2.75) is 168 Å². The van der Waals surface area contributed by atoms with Crippen molar-refractivity contribution in [1.82, 2.24) is 0 Å². The molecule has 0 amide bonds. The number of aliphatic hydroxyl groups is 1. The summed E-state index contributed by atoms with van der Waals surface area (Å²) in [6.45, 7) is 5.09. The van der Waals surface area contributed by atoms with Gasteiger partial charge in [-0.15, -0.1) is 0 Å². The highest BCUT2D eigenvalue weighted by Gasteiger charge is 2.03. The van der Waals surface area contributed by atoms with Gasteiger partial charge in [0.05, 0.1) is 12.7 Å². The minimum atomic E-state index is -0.164. The first kappa shape index (κ1) is 32.2. The number of ether oxygens (including phenoxy) is 1. The number of aliphatic hydroxyl groups excluding tert-OH is 1. The first-order valence-corrected chi connectivity index (χ1v) is 14.7. The molecule has 0 aliphatic rings. The van der Waals surface area contributed by atoms with Crippen LogP contribution in [-0.2, 0) is 9.53 Å². The van der Waals surface area contributed by atoms with Crippen LogP contribution in [0.5, 0.6) is 0 Å². The maximum Gasteiger partial charge on any atom is 0.305 e. The Kier molecular flexibility index (Phi) is 26.7. The maximum absolute atomic E-state index is 11.8. The minimum absolute atomic E-state index is 0.0119. The van der Waals surface area contributed by atoms with Gasteiger partial charge in [-0.1, -0.05) is 129 Å². The molecule has 0 saturated carbocycles. The van der Waals surface area contributed by atoms with Gasteiger partial charge in [0.1, 0.15) is 0 Å². The lowest BCUT2D eigenvalue weighted by atomic mass is 10.1. The Labute approximate surface area is 207 Å². The van der Waals surface area contributed by atoms with E-state index in [1.165, 1.54) is 96.3 Å². The zero-order chi connectivity index (χ0) is 24.2. The SMILES string of the molecule is CCCCCCCCCCCCOC(=O)CCCCCCC/C=C\CC(O)CCCCCC. The van der Waals surface area contributed by atoms with Crippen molar-refractivity contribution in [1.29, 1.82) is 0 Å². The van der Waals surface area contributed by atoms with Gasteiger partial charge in [0.15, 0.2) is 0 Å². The van der Waals surface area contributed by atoms with E-state index < -0.39 is 0 Å². The minimum Gasteiger partial charge on any atom is -0.466 e. The topological polar surface area (TPSA) is 46.5 Å². The van der Waals surface area contributed by atoms with E-state index in [1.807, 2.05) is 0 Å². The third-order valence-corrected chi connectivity index (χ3v) is 6.48. The molecule has 33 heavy (non-hydrogen) atoms. The molecule has 0 aliphatic heterocycles. The molecule has 0 saturated heterocycles. The van der Waals surface area contributed by atoms with Crippen molar-refractivity contribution in [2.75, 3.05) is 6.61 Å². The molecule has 0 fully saturated rings. The predicted molar refractivity (Wildman–Crippen MR) is 144 cm³/mol. The molecule has 0 aromatic rings. The molecule has 196 valence electrons. The van der Waals surface area contributed by atoms with Crippen molar-refractivity contribution in [2.24, 2.45) is 0 Å². The van der Waals surface area contributed by atoms with Gasteiger partial charge in [-0.05, 0) is 38.5 Å². The highest BCUT2D eigenvalue weighted by Crippen LogP contribution is 2.12. The summed E-state index contributed by atoms with van der Waals surface area (Å²) in [5, 5.41) is 9.95. The van der Waals surface area contributed by atoms with Crippen LogP contribution in [0.2, 0.25) is 0 Å². The van der Waals surface area contributed by atoms with Gasteiger partial charge >= 0.3 is 5.97 Å². The van der Waals surface area contributed by atoms with Crippen LogP contribution >= 0.6 is 0 Å². The Morgan fingerprint density at radius 1 is 0.667 bits per heavy atom. The van der Waals surface area contributed by atoms with E-state index in [4.69, 9.17) is 4.74 Å². The largest absolute Gasteiger partial charge is 0.466 e. The van der Waals surface area contributed by atoms with Crippen molar-refractivity contribution < 1.29 is 14.6 Å². The number of hydrogen-bond acceptors (Lipinski definition) is 3. The van der Waals surface area contributed by atoms with Gasteiger partial charge in [0.2, 0.25) is 0 Å². The normalized spacial score (nSPS) is 12.5. The summed E-state index contributed by atoms with van der Waals surface area (Å²) in [5.41, 5.74) is 0. The zero-order valence-electron chi connectivity index (χ0n) is 22.5. The van der Waals surface area contributed by atoms with Crippen LogP contribution in [0.4, 0.5) is 0 Å². The molecule has 0 spiro atoms. The van der Waals surface area contributed by atoms with Crippen LogP contribution in [0, 0.1) is 0 Å². The monoisotopic (exact) mass is 466 g/mol. The van der Waals surface area contributed by atoms with E-state index in [0.29, 0.717) is 13.0 Å². The molecule has 0 rings (SSSR count). The molecule has 0 aromatic heterocycles. The quantitative estimate of drug-likeness (QED) is 0.0784. The standard InChI is InChI=1S/C30H58O3/c1-3-5-7-9-10-11-14-17-20-24-28-33-30(32)27-23-19-16-13-12-15-18-22-26-29(31)25-21-8-6-4-2/h18,22,29,31H,3-17,19-21,23-28H2,1-2H3/b22-18-. The molecule has 3 nitrogen and oxygen atoms in total. The lowest BCUT2D eigenvalue weighted by molar-refractivity contribution is -0.143. The third-order valence-electron chi connectivity index (χ3n) is 6.48. The van der Waals surface area contributed by atoms with Crippen LogP contribution in [0.25, 0.3) is 0 Å². The molecule has 0 heterocycles. The highest BCUT2D eigenvalue weighted by atomic mass is 16.5. The zero-order valence-corrected chi connectivity index (χ0v) is 22.5. The molecule has 1 atom stereocenters. The van der Waals surface area contributed by atoms with E-state index in [2.05, 4.69) is 26.0 Å². The van der Waals surface area contributed by atoms with Crippen molar-refractivity contribution >= 4 is 5.97 Å². The molecule has 3 heteroatoms. The number of allylic oxidation sites excluding steroid dienone is 1. The Balaban J connectivity index is 3.28. The van der Waals surface area contributed by atoms with E-state index in [-0.39, 0.29) is 12.1 Å². The Hall–Kier alpha value is -0.830. The first-order chi connectivity index (χ1) is 16.2. The molecule has 0 bridgehead atoms. The van der Waals surface area contributed by atoms with Gasteiger partial charge < -0.3 is 9.84 Å². The second kappa shape index (κ2) is 27.4. The van der Waals surface area contributed by atoms with Crippen LogP contribution in [-0.4, -0.2) is 23.8 Å². The van der Waals surface area contributed by atoms with Crippen LogP contribution in [0.3, 0.4) is 0 Å². The Morgan fingerprint density at radius 2 is 1.18 bits per heavy atom. The van der Waals surface area contributed by atoms with E-state index >= 15 is 0 Å². The fourth-order valence-electron chi connectivity index (χ4n) is 4.21. The van der Waals surface area contributed by atoms with E-state index in [9.17, 15) is 9.90 Å². The number of unbranched alkanes of at least 4 members (excludes halogenated alkanes) is 17. The van der Waals surface area contributed by atoms with Crippen LogP contribution < -0.4 is 0 Å². The summed E-state index contributed by atoms with van der Waals surface area (Å²) in [7, 11) is 0. The average molecular weight is 467 g/mol. The fourth-order valence-corrected chi connectivity index (χ4v) is 4.21. The second-order valence-electron chi connectivity index (χ2n) is 9.92. The summed E-state index contributed by atoms with van der Waals surface area (Å²) in [4.78, 5) is 11.8. The summed E-state index contributed by atoms with van der Waals surface area (Å²) < 4.78 is 5.37. The Bertz CT molecular complexity index is 419. The summed E-state index contributed by atoms with van der Waals surface area (Å²) >= 11 is 0. The number of hydrogen-bond donors (Lipinski definition) is 1. The molecule has 0 radical (unpaired) electrons. The van der Waals surface area contributed by atoms with Crippen molar-refractivity contribution in [3.63, 3.8) is 0 Å². The van der Waals surface area contributed by atoms with Crippen LogP contribution in [0.1, 0.15) is 162 Å². The molecular formula is C30H58O3. The summed E-state index contributed by atoms with van der Waals surface area (Å²) in [6, 6.07) is 0. The smallest absolute Gasteiger partial charge is 0.305 e. The van der Waals surface area contributed by atoms with E-state index in [0.717, 1.165) is 44.9 Å². The predicted octanol–water partition coefficient (Wildman–Crippen LogP) is 9.46. The molecule has 0 aliphatic carbocycles. The summed E-state index contributed by atoms with van der Waals surface area (Å²) in [5.74, 6) is -0.0119. The molecular weight excluding hydrogens is 408 g/mol.